The quantitative estimate of drug-likeness (QED) is 0.615. The summed E-state index contributed by atoms with van der Waals surface area (Å²) in [6.45, 7) is -2.93. The van der Waals surface area contributed by atoms with E-state index in [0.717, 1.165) is 6.07 Å². The lowest BCUT2D eigenvalue weighted by molar-refractivity contribution is -0.0498. The monoisotopic (exact) mass is 353 g/mol. The number of hydrogen-bond acceptors (Lipinski definition) is 3. The number of hydrogen-bond donors (Lipinski definition) is 3. The van der Waals surface area contributed by atoms with Gasteiger partial charge >= 0.3 is 6.61 Å². The molecule has 1 amide bonds. The summed E-state index contributed by atoms with van der Waals surface area (Å²) in [5.74, 6) is -1.21. The summed E-state index contributed by atoms with van der Waals surface area (Å²) in [6.07, 6.45) is 0. The fourth-order valence-electron chi connectivity index (χ4n) is 2.20. The number of carbonyl (C=O) groups excluding carboxylic acids is 1. The van der Waals surface area contributed by atoms with Crippen LogP contribution in [0.25, 0.3) is 11.0 Å². The highest BCUT2D eigenvalue weighted by Crippen LogP contribution is 2.21. The molecule has 3 rings (SSSR count). The number of rotatable bonds is 4. The predicted octanol–water partition coefficient (Wildman–Crippen LogP) is 4.22. The number of anilines is 1. The molecule has 24 heavy (non-hydrogen) atoms. The molecule has 0 bridgehead atoms. The second-order valence-electron chi connectivity index (χ2n) is 4.81. The summed E-state index contributed by atoms with van der Waals surface area (Å²) < 4.78 is 42.3. The van der Waals surface area contributed by atoms with Crippen molar-refractivity contribution in [2.24, 2.45) is 0 Å². The maximum Gasteiger partial charge on any atom is 0.387 e. The SMILES string of the molecule is O=C(Nc1ccc(OC(F)F)cc1)c1cc(F)cc2[nH]c(=S)[nH]c12. The summed E-state index contributed by atoms with van der Waals surface area (Å²) >= 11 is 4.94. The second kappa shape index (κ2) is 6.36. The van der Waals surface area contributed by atoms with E-state index >= 15 is 0 Å². The topological polar surface area (TPSA) is 69.9 Å². The van der Waals surface area contributed by atoms with E-state index in [0.29, 0.717) is 16.7 Å². The Morgan fingerprint density at radius 3 is 2.54 bits per heavy atom. The van der Waals surface area contributed by atoms with Crippen LogP contribution in [0, 0.1) is 10.6 Å². The maximum atomic E-state index is 13.6. The highest BCUT2D eigenvalue weighted by Gasteiger charge is 2.14. The molecule has 0 saturated carbocycles. The third-order valence-electron chi connectivity index (χ3n) is 3.17. The molecule has 0 aliphatic rings. The number of aromatic amines is 2. The summed E-state index contributed by atoms with van der Waals surface area (Å²) in [6, 6.07) is 7.65. The molecule has 0 spiro atoms. The zero-order valence-corrected chi connectivity index (χ0v) is 12.7. The van der Waals surface area contributed by atoms with Crippen molar-refractivity contribution in [2.75, 3.05) is 5.32 Å². The van der Waals surface area contributed by atoms with Gasteiger partial charge in [0.2, 0.25) is 0 Å². The minimum Gasteiger partial charge on any atom is -0.435 e. The largest absolute Gasteiger partial charge is 0.435 e. The third-order valence-corrected chi connectivity index (χ3v) is 3.38. The second-order valence-corrected chi connectivity index (χ2v) is 5.22. The number of halogens is 3. The molecule has 124 valence electrons. The zero-order valence-electron chi connectivity index (χ0n) is 11.9. The van der Waals surface area contributed by atoms with E-state index in [2.05, 4.69) is 20.0 Å². The minimum atomic E-state index is -2.93. The van der Waals surface area contributed by atoms with Crippen LogP contribution in [-0.2, 0) is 0 Å². The molecule has 0 radical (unpaired) electrons. The van der Waals surface area contributed by atoms with E-state index in [1.54, 1.807) is 0 Å². The van der Waals surface area contributed by atoms with Crippen molar-refractivity contribution >= 4 is 34.8 Å². The van der Waals surface area contributed by atoms with Gasteiger partial charge in [0, 0.05) is 5.69 Å². The van der Waals surface area contributed by atoms with Gasteiger partial charge in [-0.25, -0.2) is 4.39 Å². The van der Waals surface area contributed by atoms with Crippen molar-refractivity contribution in [1.82, 2.24) is 9.97 Å². The van der Waals surface area contributed by atoms with Crippen molar-refractivity contribution < 1.29 is 22.7 Å². The summed E-state index contributed by atoms with van der Waals surface area (Å²) in [5.41, 5.74) is 1.14. The lowest BCUT2D eigenvalue weighted by Crippen LogP contribution is -2.13. The first kappa shape index (κ1) is 16.1. The Balaban J connectivity index is 1.86. The fourth-order valence-corrected chi connectivity index (χ4v) is 2.42. The Kier molecular flexibility index (Phi) is 4.26. The van der Waals surface area contributed by atoms with Crippen LogP contribution in [0.4, 0.5) is 18.9 Å². The highest BCUT2D eigenvalue weighted by atomic mass is 32.1. The molecule has 0 saturated heterocycles. The van der Waals surface area contributed by atoms with Crippen LogP contribution in [0.15, 0.2) is 36.4 Å². The van der Waals surface area contributed by atoms with Gasteiger partial charge in [0.1, 0.15) is 11.6 Å². The number of amides is 1. The average Bonchev–Trinajstić information content (AvgIpc) is 2.87. The van der Waals surface area contributed by atoms with Gasteiger partial charge in [-0.05, 0) is 48.6 Å². The molecule has 3 aromatic rings. The molecule has 9 heteroatoms. The fraction of sp³-hybridized carbons (Fsp3) is 0.0667. The van der Waals surface area contributed by atoms with Gasteiger partial charge in [0.15, 0.2) is 4.77 Å². The Morgan fingerprint density at radius 2 is 1.88 bits per heavy atom. The van der Waals surface area contributed by atoms with Crippen molar-refractivity contribution in [2.45, 2.75) is 6.61 Å². The first-order valence-corrected chi connectivity index (χ1v) is 7.11. The number of H-pyrrole nitrogens is 2. The molecule has 0 aliphatic heterocycles. The Labute approximate surface area is 138 Å². The van der Waals surface area contributed by atoms with Crippen LogP contribution < -0.4 is 10.1 Å². The van der Waals surface area contributed by atoms with E-state index in [-0.39, 0.29) is 16.1 Å². The summed E-state index contributed by atoms with van der Waals surface area (Å²) in [4.78, 5) is 17.9. The predicted molar refractivity (Wildman–Crippen MR) is 84.5 cm³/mol. The Hall–Kier alpha value is -2.81. The smallest absolute Gasteiger partial charge is 0.387 e. The zero-order chi connectivity index (χ0) is 17.3. The number of ether oxygens (including phenoxy) is 1. The summed E-state index contributed by atoms with van der Waals surface area (Å²) in [5, 5.41) is 2.55. The molecule has 3 N–H and O–H groups in total. The molecule has 1 aromatic heterocycles. The number of benzene rings is 2. The number of aromatic nitrogens is 2. The third kappa shape index (κ3) is 3.40. The number of carbonyl (C=O) groups is 1. The van der Waals surface area contributed by atoms with Crippen molar-refractivity contribution in [3.63, 3.8) is 0 Å². The maximum absolute atomic E-state index is 13.6. The van der Waals surface area contributed by atoms with Crippen molar-refractivity contribution in [3.8, 4) is 5.75 Å². The summed E-state index contributed by atoms with van der Waals surface area (Å²) in [7, 11) is 0. The van der Waals surface area contributed by atoms with Gasteiger partial charge in [0.25, 0.3) is 5.91 Å². The van der Waals surface area contributed by atoms with Crippen LogP contribution in [0.3, 0.4) is 0 Å². The molecule has 2 aromatic carbocycles. The first-order chi connectivity index (χ1) is 11.4. The lowest BCUT2D eigenvalue weighted by atomic mass is 10.1. The van der Waals surface area contributed by atoms with Gasteiger partial charge in [-0.3, -0.25) is 4.79 Å². The van der Waals surface area contributed by atoms with E-state index in [4.69, 9.17) is 12.2 Å². The number of alkyl halides is 2. The normalized spacial score (nSPS) is 11.0. The Bertz CT molecular complexity index is 951. The van der Waals surface area contributed by atoms with E-state index < -0.39 is 18.3 Å². The van der Waals surface area contributed by atoms with E-state index in [1.165, 1.54) is 30.3 Å². The van der Waals surface area contributed by atoms with Crippen LogP contribution >= 0.6 is 12.2 Å². The van der Waals surface area contributed by atoms with Crippen molar-refractivity contribution in [1.29, 1.82) is 0 Å². The van der Waals surface area contributed by atoms with Crippen LogP contribution in [0.1, 0.15) is 10.4 Å². The van der Waals surface area contributed by atoms with Gasteiger partial charge < -0.3 is 20.0 Å². The molecule has 0 unspecified atom stereocenters. The molecule has 5 nitrogen and oxygen atoms in total. The van der Waals surface area contributed by atoms with Gasteiger partial charge in [-0.2, -0.15) is 8.78 Å². The van der Waals surface area contributed by atoms with E-state index in [9.17, 15) is 18.0 Å². The van der Waals surface area contributed by atoms with Gasteiger partial charge in [-0.15, -0.1) is 0 Å². The molecular formula is C15H10F3N3O2S. The molecular weight excluding hydrogens is 343 g/mol. The van der Waals surface area contributed by atoms with Gasteiger partial charge in [-0.1, -0.05) is 0 Å². The minimum absolute atomic E-state index is 0.0362. The molecule has 0 fully saturated rings. The standard InChI is InChI=1S/C15H10F3N3O2S/c16-7-5-10(12-11(6-7)20-15(24)21-12)13(22)19-8-1-3-9(4-2-8)23-14(17)18/h1-6,14H,(H,19,22)(H2,20,21,24). The first-order valence-electron chi connectivity index (χ1n) is 6.70. The number of nitrogens with one attached hydrogen (secondary N) is 3. The van der Waals surface area contributed by atoms with E-state index in [1.807, 2.05) is 0 Å². The van der Waals surface area contributed by atoms with Crippen LogP contribution in [0.2, 0.25) is 0 Å². The molecule has 0 aliphatic carbocycles. The highest BCUT2D eigenvalue weighted by molar-refractivity contribution is 7.71. The van der Waals surface area contributed by atoms with Gasteiger partial charge in [0.05, 0.1) is 16.6 Å². The average molecular weight is 353 g/mol. The lowest BCUT2D eigenvalue weighted by Gasteiger charge is -2.08. The van der Waals surface area contributed by atoms with Crippen molar-refractivity contribution in [3.05, 3.63) is 52.5 Å². The van der Waals surface area contributed by atoms with Crippen LogP contribution in [-0.4, -0.2) is 22.5 Å². The van der Waals surface area contributed by atoms with Crippen LogP contribution in [0.5, 0.6) is 5.75 Å². The number of imidazole rings is 1. The Morgan fingerprint density at radius 1 is 1.17 bits per heavy atom. The molecule has 1 heterocycles. The number of fused-ring (bicyclic) bond motifs is 1. The molecule has 0 atom stereocenters.